The molecule has 2 aromatic heterocycles. The van der Waals surface area contributed by atoms with E-state index in [1.54, 1.807) is 13.2 Å². The Labute approximate surface area is 116 Å². The first-order chi connectivity index (χ1) is 8.95. The number of nitrogens with one attached hydrogen (secondary N) is 1. The lowest BCUT2D eigenvalue weighted by molar-refractivity contribution is 0.0940. The number of rotatable bonds is 3. The first-order valence-electron chi connectivity index (χ1n) is 6.35. The van der Waals surface area contributed by atoms with Gasteiger partial charge in [0.05, 0.1) is 10.9 Å². The van der Waals surface area contributed by atoms with Gasteiger partial charge in [-0.25, -0.2) is 0 Å². The zero-order valence-electron chi connectivity index (χ0n) is 11.6. The van der Waals surface area contributed by atoms with Crippen molar-refractivity contribution in [2.24, 2.45) is 7.05 Å². The largest absolute Gasteiger partial charge is 0.350 e. The van der Waals surface area contributed by atoms with Gasteiger partial charge in [0, 0.05) is 28.9 Å². The average Bonchev–Trinajstić information content (AvgIpc) is 2.71. The fourth-order valence-corrected chi connectivity index (χ4v) is 3.04. The normalized spacial score (nSPS) is 12.6. The highest BCUT2D eigenvalue weighted by Crippen LogP contribution is 2.28. The van der Waals surface area contributed by atoms with Crippen molar-refractivity contribution in [1.82, 2.24) is 9.88 Å². The third kappa shape index (κ3) is 2.42. The maximum atomic E-state index is 12.3. The summed E-state index contributed by atoms with van der Waals surface area (Å²) in [6.07, 6.45) is 2.60. The Morgan fingerprint density at radius 2 is 2.21 bits per heavy atom. The molecule has 0 fully saturated rings. The number of carbonyl (C=O) groups is 1. The molecule has 2 aromatic rings. The molecule has 0 aliphatic rings. The predicted molar refractivity (Wildman–Crippen MR) is 79.0 cm³/mol. The predicted octanol–water partition coefficient (Wildman–Crippen LogP) is 2.44. The molecule has 19 heavy (non-hydrogen) atoms. The Balaban J connectivity index is 2.60. The molecular weight excluding hydrogens is 260 g/mol. The van der Waals surface area contributed by atoms with E-state index < -0.39 is 0 Å². The van der Waals surface area contributed by atoms with Crippen molar-refractivity contribution in [2.75, 3.05) is 0 Å². The van der Waals surface area contributed by atoms with Crippen LogP contribution in [0.15, 0.2) is 17.1 Å². The lowest BCUT2D eigenvalue weighted by Gasteiger charge is -2.11. The number of carbonyl (C=O) groups excluding carboxylic acids is 1. The number of nitrogens with zero attached hydrogens (tertiary/aromatic N) is 1. The summed E-state index contributed by atoms with van der Waals surface area (Å²) in [5.74, 6) is -0.151. The van der Waals surface area contributed by atoms with E-state index in [0.29, 0.717) is 10.9 Å². The number of hydrogen-bond acceptors (Lipinski definition) is 3. The van der Waals surface area contributed by atoms with Crippen LogP contribution in [0.25, 0.3) is 10.1 Å². The van der Waals surface area contributed by atoms with Crippen LogP contribution >= 0.6 is 11.3 Å². The first kappa shape index (κ1) is 13.8. The molecule has 0 aliphatic heterocycles. The van der Waals surface area contributed by atoms with Gasteiger partial charge in [-0.2, -0.15) is 0 Å². The first-order valence-corrected chi connectivity index (χ1v) is 7.17. The Kier molecular flexibility index (Phi) is 3.75. The third-order valence-corrected chi connectivity index (χ3v) is 4.38. The van der Waals surface area contributed by atoms with Crippen LogP contribution < -0.4 is 10.9 Å². The van der Waals surface area contributed by atoms with Crippen LogP contribution in [0.4, 0.5) is 0 Å². The van der Waals surface area contributed by atoms with E-state index in [1.165, 1.54) is 15.9 Å². The third-order valence-electron chi connectivity index (χ3n) is 3.31. The van der Waals surface area contributed by atoms with Gasteiger partial charge in [-0.15, -0.1) is 11.3 Å². The van der Waals surface area contributed by atoms with E-state index in [0.717, 1.165) is 16.0 Å². The molecule has 0 saturated carbocycles. The van der Waals surface area contributed by atoms with Crippen LogP contribution in [0.2, 0.25) is 0 Å². The van der Waals surface area contributed by atoms with Crippen molar-refractivity contribution >= 4 is 27.3 Å². The van der Waals surface area contributed by atoms with E-state index in [1.807, 2.05) is 26.8 Å². The summed E-state index contributed by atoms with van der Waals surface area (Å²) < 4.78 is 2.38. The lowest BCUT2D eigenvalue weighted by atomic mass is 10.1. The minimum atomic E-state index is -0.151. The van der Waals surface area contributed by atoms with Crippen molar-refractivity contribution in [3.05, 3.63) is 33.1 Å². The van der Waals surface area contributed by atoms with Gasteiger partial charge in [0.15, 0.2) is 0 Å². The van der Waals surface area contributed by atoms with Gasteiger partial charge in [-0.05, 0) is 26.3 Å². The van der Waals surface area contributed by atoms with E-state index in [9.17, 15) is 9.59 Å². The monoisotopic (exact) mass is 278 g/mol. The topological polar surface area (TPSA) is 51.1 Å². The molecule has 0 spiro atoms. The number of thiophene rings is 1. The van der Waals surface area contributed by atoms with Crippen LogP contribution in [-0.4, -0.2) is 16.5 Å². The van der Waals surface area contributed by atoms with Gasteiger partial charge in [-0.3, -0.25) is 9.59 Å². The van der Waals surface area contributed by atoms with Crippen molar-refractivity contribution in [3.8, 4) is 0 Å². The van der Waals surface area contributed by atoms with Gasteiger partial charge in [0.2, 0.25) is 0 Å². The minimum Gasteiger partial charge on any atom is -0.350 e. The number of pyridine rings is 1. The quantitative estimate of drug-likeness (QED) is 0.937. The number of hydrogen-bond donors (Lipinski definition) is 1. The van der Waals surface area contributed by atoms with Crippen molar-refractivity contribution in [1.29, 1.82) is 0 Å². The standard InChI is InChI=1S/C14H18N2O2S/c1-5-8(2)15-13(17)11-9(3)19-10-6-7-16(4)14(18)12(10)11/h6-8H,5H2,1-4H3,(H,15,17)/t8-/m0/s1. The van der Waals surface area contributed by atoms with Crippen LogP contribution in [0, 0.1) is 6.92 Å². The summed E-state index contributed by atoms with van der Waals surface area (Å²) >= 11 is 1.49. The molecular formula is C14H18N2O2S. The SMILES string of the molecule is CC[C@H](C)NC(=O)c1c(C)sc2ccn(C)c(=O)c12. The zero-order valence-corrected chi connectivity index (χ0v) is 12.4. The maximum absolute atomic E-state index is 12.3. The van der Waals surface area contributed by atoms with Crippen molar-refractivity contribution < 1.29 is 4.79 Å². The van der Waals surface area contributed by atoms with Gasteiger partial charge in [-0.1, -0.05) is 6.92 Å². The van der Waals surface area contributed by atoms with Gasteiger partial charge in [0.1, 0.15) is 0 Å². The molecule has 0 aliphatic carbocycles. The van der Waals surface area contributed by atoms with E-state index in [2.05, 4.69) is 5.32 Å². The Bertz CT molecular complexity index is 685. The summed E-state index contributed by atoms with van der Waals surface area (Å²) in [5, 5.41) is 3.47. The minimum absolute atomic E-state index is 0.106. The molecule has 0 radical (unpaired) electrons. The van der Waals surface area contributed by atoms with Crippen molar-refractivity contribution in [2.45, 2.75) is 33.2 Å². The Hall–Kier alpha value is -1.62. The lowest BCUT2D eigenvalue weighted by Crippen LogP contribution is -2.33. The molecule has 1 atom stereocenters. The molecule has 0 bridgehead atoms. The number of aromatic nitrogens is 1. The summed E-state index contributed by atoms with van der Waals surface area (Å²) in [7, 11) is 1.70. The molecule has 4 nitrogen and oxygen atoms in total. The number of aryl methyl sites for hydroxylation is 2. The van der Waals surface area contributed by atoms with Gasteiger partial charge in [0.25, 0.3) is 11.5 Å². The second-order valence-electron chi connectivity index (χ2n) is 4.79. The highest BCUT2D eigenvalue weighted by Gasteiger charge is 2.20. The molecule has 2 rings (SSSR count). The molecule has 5 heteroatoms. The van der Waals surface area contributed by atoms with Gasteiger partial charge < -0.3 is 9.88 Å². The molecule has 0 aromatic carbocycles. The van der Waals surface area contributed by atoms with Crippen LogP contribution in [-0.2, 0) is 7.05 Å². The summed E-state index contributed by atoms with van der Waals surface area (Å²) in [4.78, 5) is 25.4. The maximum Gasteiger partial charge on any atom is 0.259 e. The average molecular weight is 278 g/mol. The molecule has 0 saturated heterocycles. The van der Waals surface area contributed by atoms with E-state index in [-0.39, 0.29) is 17.5 Å². The summed E-state index contributed by atoms with van der Waals surface area (Å²) in [6, 6.07) is 1.99. The Morgan fingerprint density at radius 3 is 2.84 bits per heavy atom. The zero-order chi connectivity index (χ0) is 14.2. The second-order valence-corrected chi connectivity index (χ2v) is 6.04. The van der Waals surface area contributed by atoms with Crippen LogP contribution in [0.5, 0.6) is 0 Å². The van der Waals surface area contributed by atoms with Crippen LogP contribution in [0.3, 0.4) is 0 Å². The smallest absolute Gasteiger partial charge is 0.259 e. The van der Waals surface area contributed by atoms with Crippen molar-refractivity contribution in [3.63, 3.8) is 0 Å². The van der Waals surface area contributed by atoms with E-state index in [4.69, 9.17) is 0 Å². The van der Waals surface area contributed by atoms with Gasteiger partial charge >= 0.3 is 0 Å². The highest BCUT2D eigenvalue weighted by atomic mass is 32.1. The molecule has 2 heterocycles. The highest BCUT2D eigenvalue weighted by molar-refractivity contribution is 7.19. The Morgan fingerprint density at radius 1 is 1.53 bits per heavy atom. The molecule has 0 unspecified atom stereocenters. The molecule has 1 N–H and O–H groups in total. The molecule has 102 valence electrons. The summed E-state index contributed by atoms with van der Waals surface area (Å²) in [6.45, 7) is 5.86. The molecule has 1 amide bonds. The van der Waals surface area contributed by atoms with E-state index >= 15 is 0 Å². The number of fused-ring (bicyclic) bond motifs is 1. The summed E-state index contributed by atoms with van der Waals surface area (Å²) in [5.41, 5.74) is 0.414. The van der Waals surface area contributed by atoms with Crippen LogP contribution in [0.1, 0.15) is 35.5 Å². The second kappa shape index (κ2) is 5.17. The number of amides is 1. The fraction of sp³-hybridized carbons (Fsp3) is 0.429. The fourth-order valence-electron chi connectivity index (χ4n) is 1.99.